The van der Waals surface area contributed by atoms with E-state index in [1.165, 1.54) is 24.3 Å². The Labute approximate surface area is 158 Å². The molecule has 27 heavy (non-hydrogen) atoms. The molecule has 1 aliphatic rings. The maximum absolute atomic E-state index is 13.0. The van der Waals surface area contributed by atoms with Gasteiger partial charge in [-0.2, -0.15) is 15.1 Å². The minimum Gasteiger partial charge on any atom is -0.396 e. The highest BCUT2D eigenvalue weighted by Gasteiger charge is 2.41. The maximum atomic E-state index is 13.0. The number of hydrogen-bond acceptors (Lipinski definition) is 9. The number of anilines is 2. The number of halogens is 2. The van der Waals surface area contributed by atoms with Gasteiger partial charge in [-0.15, -0.1) is 5.11 Å². The smallest absolute Gasteiger partial charge is 0.223 e. The number of nitrogens with one attached hydrogen (secondary N) is 1. The fourth-order valence-electron chi connectivity index (χ4n) is 2.87. The quantitative estimate of drug-likeness (QED) is 0.382. The van der Waals surface area contributed by atoms with Crippen LogP contribution in [0.5, 0.6) is 0 Å². The van der Waals surface area contributed by atoms with Crippen molar-refractivity contribution in [3.63, 3.8) is 0 Å². The first-order chi connectivity index (χ1) is 12.9. The zero-order chi connectivity index (χ0) is 19.6. The highest BCUT2D eigenvalue weighted by Crippen LogP contribution is 2.36. The SMILES string of the molecule is Nc1nc(Cl)c(/N=N/c2ccc(F)cc2)c(N[C@@H]2C[C@H](CO)[C@@H](O)[C@H]2O)n1. The van der Waals surface area contributed by atoms with Crippen LogP contribution in [0.3, 0.4) is 0 Å². The average molecular weight is 397 g/mol. The van der Waals surface area contributed by atoms with E-state index in [4.69, 9.17) is 17.3 Å². The number of aromatic nitrogens is 2. The van der Waals surface area contributed by atoms with Crippen molar-refractivity contribution in [1.82, 2.24) is 9.97 Å². The lowest BCUT2D eigenvalue weighted by Crippen LogP contribution is -2.35. The molecule has 1 aromatic heterocycles. The van der Waals surface area contributed by atoms with Crippen LogP contribution in [0.1, 0.15) is 6.42 Å². The van der Waals surface area contributed by atoms with Gasteiger partial charge in [-0.05, 0) is 30.7 Å². The summed E-state index contributed by atoms with van der Waals surface area (Å²) >= 11 is 6.10. The molecule has 1 saturated carbocycles. The van der Waals surface area contributed by atoms with Crippen LogP contribution in [0.4, 0.5) is 27.5 Å². The van der Waals surface area contributed by atoms with Gasteiger partial charge in [-0.25, -0.2) is 4.39 Å². The van der Waals surface area contributed by atoms with Gasteiger partial charge in [0.1, 0.15) is 11.9 Å². The second-order valence-electron chi connectivity index (χ2n) is 6.16. The van der Waals surface area contributed by atoms with Gasteiger partial charge in [0.15, 0.2) is 16.7 Å². The lowest BCUT2D eigenvalue weighted by molar-refractivity contribution is 0.00446. The normalized spacial score (nSPS) is 25.2. The van der Waals surface area contributed by atoms with Crippen LogP contribution in [0.25, 0.3) is 0 Å². The summed E-state index contributed by atoms with van der Waals surface area (Å²) in [6.07, 6.45) is -1.90. The number of nitrogens with zero attached hydrogens (tertiary/aromatic N) is 4. The monoisotopic (exact) mass is 396 g/mol. The van der Waals surface area contributed by atoms with Crippen molar-refractivity contribution in [2.75, 3.05) is 17.7 Å². The van der Waals surface area contributed by atoms with Gasteiger partial charge in [-0.1, -0.05) is 11.6 Å². The molecule has 4 atom stereocenters. The number of azo groups is 1. The van der Waals surface area contributed by atoms with Crippen LogP contribution in [0, 0.1) is 11.7 Å². The minimum absolute atomic E-state index is 0.0670. The van der Waals surface area contributed by atoms with E-state index < -0.39 is 30.0 Å². The van der Waals surface area contributed by atoms with E-state index in [0.717, 1.165) is 0 Å². The van der Waals surface area contributed by atoms with Crippen molar-refractivity contribution in [3.8, 4) is 0 Å². The van der Waals surface area contributed by atoms with Gasteiger partial charge in [0.2, 0.25) is 5.95 Å². The number of rotatable bonds is 5. The number of aliphatic hydroxyl groups is 3. The average Bonchev–Trinajstić information content (AvgIpc) is 2.90. The highest BCUT2D eigenvalue weighted by molar-refractivity contribution is 6.32. The second-order valence-corrected chi connectivity index (χ2v) is 6.51. The first-order valence-corrected chi connectivity index (χ1v) is 8.50. The summed E-state index contributed by atoms with van der Waals surface area (Å²) in [5, 5.41) is 40.2. The third-order valence-electron chi connectivity index (χ3n) is 4.31. The predicted molar refractivity (Wildman–Crippen MR) is 96.6 cm³/mol. The summed E-state index contributed by atoms with van der Waals surface area (Å²) in [5.41, 5.74) is 6.08. The summed E-state index contributed by atoms with van der Waals surface area (Å²) in [7, 11) is 0. The lowest BCUT2D eigenvalue weighted by atomic mass is 10.1. The summed E-state index contributed by atoms with van der Waals surface area (Å²) < 4.78 is 13.0. The molecule has 1 heterocycles. The summed E-state index contributed by atoms with van der Waals surface area (Å²) in [6, 6.07) is 4.73. The molecule has 1 fully saturated rings. The van der Waals surface area contributed by atoms with Crippen molar-refractivity contribution in [2.45, 2.75) is 24.7 Å². The zero-order valence-corrected chi connectivity index (χ0v) is 14.8. The van der Waals surface area contributed by atoms with Gasteiger partial charge < -0.3 is 26.4 Å². The molecule has 0 amide bonds. The van der Waals surface area contributed by atoms with Crippen molar-refractivity contribution in [1.29, 1.82) is 0 Å². The molecule has 0 aliphatic heterocycles. The molecule has 9 nitrogen and oxygen atoms in total. The molecule has 0 unspecified atom stereocenters. The lowest BCUT2D eigenvalue weighted by Gasteiger charge is -2.19. The van der Waals surface area contributed by atoms with E-state index >= 15 is 0 Å². The van der Waals surface area contributed by atoms with E-state index in [1.807, 2.05) is 0 Å². The fourth-order valence-corrected chi connectivity index (χ4v) is 3.09. The standard InChI is InChI=1S/C16H18ClFN6O3/c17-14-11(24-23-9-3-1-8(18)2-4-9)15(22-16(19)21-14)20-10-5-7(6-25)12(26)13(10)27/h1-4,7,10,12-13,25-27H,5-6H2,(H3,19,20,21,22)/b24-23+/t7-,10-,12-,13+/m1/s1. The molecule has 6 N–H and O–H groups in total. The molecule has 0 bridgehead atoms. The number of nitrogen functional groups attached to an aromatic ring is 1. The van der Waals surface area contributed by atoms with E-state index in [-0.39, 0.29) is 29.2 Å². The largest absolute Gasteiger partial charge is 0.396 e. The van der Waals surface area contributed by atoms with E-state index in [2.05, 4.69) is 25.5 Å². The highest BCUT2D eigenvalue weighted by atomic mass is 35.5. The molecule has 1 aromatic carbocycles. The molecule has 11 heteroatoms. The Balaban J connectivity index is 1.88. The maximum Gasteiger partial charge on any atom is 0.223 e. The third kappa shape index (κ3) is 4.30. The molecule has 3 rings (SSSR count). The Kier molecular flexibility index (Phi) is 5.80. The molecule has 1 aliphatic carbocycles. The molecule has 0 spiro atoms. The number of aliphatic hydroxyl groups excluding tert-OH is 3. The van der Waals surface area contributed by atoms with Crippen LogP contribution in [-0.4, -0.2) is 50.1 Å². The van der Waals surface area contributed by atoms with Crippen molar-refractivity contribution in [3.05, 3.63) is 35.2 Å². The molecular weight excluding hydrogens is 379 g/mol. The Hall–Kier alpha value is -2.40. The molecular formula is C16H18ClFN6O3. The topological polar surface area (TPSA) is 149 Å². The second kappa shape index (κ2) is 8.09. The summed E-state index contributed by atoms with van der Waals surface area (Å²) in [5.74, 6) is -0.878. The van der Waals surface area contributed by atoms with Gasteiger partial charge in [-0.3, -0.25) is 0 Å². The number of benzene rings is 1. The Morgan fingerprint density at radius 1 is 1.19 bits per heavy atom. The molecule has 2 aromatic rings. The van der Waals surface area contributed by atoms with Crippen molar-refractivity contribution < 1.29 is 19.7 Å². The van der Waals surface area contributed by atoms with Crippen LogP contribution >= 0.6 is 11.6 Å². The Morgan fingerprint density at radius 2 is 1.89 bits per heavy atom. The minimum atomic E-state index is -1.13. The Morgan fingerprint density at radius 3 is 2.52 bits per heavy atom. The number of nitrogens with two attached hydrogens (primary N) is 1. The van der Waals surface area contributed by atoms with Gasteiger partial charge in [0, 0.05) is 12.5 Å². The first-order valence-electron chi connectivity index (χ1n) is 8.13. The predicted octanol–water partition coefficient (Wildman–Crippen LogP) is 1.78. The van der Waals surface area contributed by atoms with Crippen LogP contribution in [-0.2, 0) is 0 Å². The van der Waals surface area contributed by atoms with Crippen LogP contribution in [0.2, 0.25) is 5.15 Å². The molecule has 144 valence electrons. The Bertz CT molecular complexity index is 838. The van der Waals surface area contributed by atoms with Gasteiger partial charge in [0.25, 0.3) is 0 Å². The number of hydrogen-bond donors (Lipinski definition) is 5. The van der Waals surface area contributed by atoms with E-state index in [9.17, 15) is 19.7 Å². The van der Waals surface area contributed by atoms with Crippen LogP contribution in [0.15, 0.2) is 34.5 Å². The van der Waals surface area contributed by atoms with E-state index in [1.54, 1.807) is 0 Å². The third-order valence-corrected chi connectivity index (χ3v) is 4.57. The zero-order valence-electron chi connectivity index (χ0n) is 14.0. The fraction of sp³-hybridized carbons (Fsp3) is 0.375. The summed E-state index contributed by atoms with van der Waals surface area (Å²) in [6.45, 7) is -0.264. The first kappa shape index (κ1) is 19.4. The van der Waals surface area contributed by atoms with Crippen molar-refractivity contribution >= 4 is 34.7 Å². The molecule has 0 saturated heterocycles. The van der Waals surface area contributed by atoms with E-state index in [0.29, 0.717) is 12.1 Å². The van der Waals surface area contributed by atoms with Crippen LogP contribution < -0.4 is 11.1 Å². The van der Waals surface area contributed by atoms with Crippen molar-refractivity contribution in [2.24, 2.45) is 16.1 Å². The molecule has 0 radical (unpaired) electrons. The van der Waals surface area contributed by atoms with Gasteiger partial charge in [0.05, 0.1) is 17.8 Å². The van der Waals surface area contributed by atoms with Gasteiger partial charge >= 0.3 is 0 Å². The summed E-state index contributed by atoms with van der Waals surface area (Å²) in [4.78, 5) is 7.86.